The van der Waals surface area contributed by atoms with Crippen molar-refractivity contribution in [1.82, 2.24) is 15.1 Å². The van der Waals surface area contributed by atoms with E-state index in [1.54, 1.807) is 12.4 Å². The number of piperidine rings is 1. The minimum absolute atomic E-state index is 0.187. The molecule has 3 aromatic rings. The fourth-order valence-corrected chi connectivity index (χ4v) is 4.71. The number of nitrogens with two attached hydrogens (primary N) is 1. The van der Waals surface area contributed by atoms with E-state index in [-0.39, 0.29) is 5.76 Å². The highest BCUT2D eigenvalue weighted by Gasteiger charge is 2.25. The number of H-pyrrole nitrogens is 1. The number of nitrogens with zero attached hydrogens (tertiary/aromatic N) is 4. The van der Waals surface area contributed by atoms with E-state index in [1.807, 2.05) is 6.07 Å². The molecular weight excluding hydrogens is 404 g/mol. The van der Waals surface area contributed by atoms with Crippen molar-refractivity contribution in [3.8, 4) is 22.5 Å². The van der Waals surface area contributed by atoms with Crippen molar-refractivity contribution in [2.24, 2.45) is 5.73 Å². The topological polar surface area (TPSA) is 94.6 Å². The highest BCUT2D eigenvalue weighted by Crippen LogP contribution is 2.40. The first-order valence-electron chi connectivity index (χ1n) is 11.4. The van der Waals surface area contributed by atoms with Crippen LogP contribution in [0.4, 0.5) is 11.4 Å². The lowest BCUT2D eigenvalue weighted by atomic mass is 9.99. The Kier molecular flexibility index (Phi) is 5.61. The molecular formula is C24H30N6O2. The van der Waals surface area contributed by atoms with Gasteiger partial charge in [-0.1, -0.05) is 6.07 Å². The number of likely N-dealkylation sites (N-methyl/N-ethyl adjacent to an activating group) is 1. The molecule has 1 aromatic carbocycles. The van der Waals surface area contributed by atoms with Crippen molar-refractivity contribution in [1.29, 1.82) is 0 Å². The summed E-state index contributed by atoms with van der Waals surface area (Å²) in [6.45, 7) is 6.16. The van der Waals surface area contributed by atoms with Gasteiger partial charge in [0, 0.05) is 68.0 Å². The van der Waals surface area contributed by atoms with E-state index < -0.39 is 5.91 Å². The maximum atomic E-state index is 12.3. The van der Waals surface area contributed by atoms with E-state index in [1.165, 1.54) is 24.9 Å². The Morgan fingerprint density at radius 3 is 2.47 bits per heavy atom. The lowest BCUT2D eigenvalue weighted by Crippen LogP contribution is -2.44. The van der Waals surface area contributed by atoms with Crippen LogP contribution >= 0.6 is 0 Å². The number of hydrogen-bond acceptors (Lipinski definition) is 6. The minimum Gasteiger partial charge on any atom is -0.450 e. The summed E-state index contributed by atoms with van der Waals surface area (Å²) in [6.07, 6.45) is 7.02. The molecule has 2 aliphatic heterocycles. The van der Waals surface area contributed by atoms with Gasteiger partial charge in [0.25, 0.3) is 5.91 Å². The third-order valence-electron chi connectivity index (χ3n) is 6.58. The van der Waals surface area contributed by atoms with Gasteiger partial charge in [0.2, 0.25) is 0 Å². The Morgan fingerprint density at radius 2 is 1.78 bits per heavy atom. The van der Waals surface area contributed by atoms with E-state index in [2.05, 4.69) is 50.1 Å². The molecule has 2 fully saturated rings. The summed E-state index contributed by atoms with van der Waals surface area (Å²) < 4.78 is 5.91. The summed E-state index contributed by atoms with van der Waals surface area (Å²) in [5.41, 5.74) is 10.6. The second kappa shape index (κ2) is 8.70. The van der Waals surface area contributed by atoms with Crippen LogP contribution in [-0.2, 0) is 0 Å². The average Bonchev–Trinajstić information content (AvgIpc) is 3.50. The molecule has 0 unspecified atom stereocenters. The second-order valence-electron chi connectivity index (χ2n) is 8.74. The molecule has 0 spiro atoms. The van der Waals surface area contributed by atoms with Crippen LogP contribution in [0.5, 0.6) is 0 Å². The van der Waals surface area contributed by atoms with Gasteiger partial charge in [0.1, 0.15) is 5.76 Å². The zero-order chi connectivity index (χ0) is 22.1. The third kappa shape index (κ3) is 3.98. The van der Waals surface area contributed by atoms with E-state index in [4.69, 9.17) is 10.2 Å². The molecule has 32 heavy (non-hydrogen) atoms. The highest BCUT2D eigenvalue weighted by molar-refractivity contribution is 6.00. The molecule has 0 radical (unpaired) electrons. The van der Waals surface area contributed by atoms with Crippen LogP contribution in [-0.4, -0.2) is 67.3 Å². The van der Waals surface area contributed by atoms with E-state index >= 15 is 0 Å². The molecule has 0 atom stereocenters. The third-order valence-corrected chi connectivity index (χ3v) is 6.58. The van der Waals surface area contributed by atoms with Gasteiger partial charge in [0.05, 0.1) is 11.8 Å². The van der Waals surface area contributed by atoms with Gasteiger partial charge >= 0.3 is 0 Å². The number of amides is 1. The Hall–Kier alpha value is -3.26. The van der Waals surface area contributed by atoms with Crippen molar-refractivity contribution in [2.75, 3.05) is 56.1 Å². The van der Waals surface area contributed by atoms with Crippen LogP contribution < -0.4 is 15.5 Å². The van der Waals surface area contributed by atoms with Crippen LogP contribution in [0.25, 0.3) is 22.5 Å². The first-order chi connectivity index (χ1) is 15.6. The summed E-state index contributed by atoms with van der Waals surface area (Å²) in [6, 6.07) is 8.46. The van der Waals surface area contributed by atoms with Crippen molar-refractivity contribution in [3.05, 3.63) is 42.4 Å². The molecule has 2 aliphatic rings. The number of carbonyl (C=O) groups is 1. The van der Waals surface area contributed by atoms with Gasteiger partial charge in [-0.2, -0.15) is 5.10 Å². The molecule has 8 nitrogen and oxygen atoms in total. The first-order valence-corrected chi connectivity index (χ1v) is 11.4. The number of aromatic nitrogens is 2. The van der Waals surface area contributed by atoms with Crippen LogP contribution in [0.15, 0.2) is 41.1 Å². The van der Waals surface area contributed by atoms with Gasteiger partial charge in [-0.3, -0.25) is 9.89 Å². The number of piperazine rings is 1. The predicted octanol–water partition coefficient (Wildman–Crippen LogP) is 3.18. The molecule has 2 saturated heterocycles. The standard InChI is InChI=1S/C24H30N6O2/c1-28-9-11-29(12-10-28)18-5-6-19(21(13-18)30-7-3-2-4-8-30)20-14-22(17-15-26-27-16-17)32-23(20)24(25)31/h5-6,13-16H,2-4,7-12H2,1H3,(H2,25,31)(H,26,27). The monoisotopic (exact) mass is 434 g/mol. The largest absolute Gasteiger partial charge is 0.450 e. The first kappa shape index (κ1) is 20.6. The maximum absolute atomic E-state index is 12.3. The summed E-state index contributed by atoms with van der Waals surface area (Å²) >= 11 is 0. The molecule has 2 aromatic heterocycles. The number of aromatic amines is 1. The lowest BCUT2D eigenvalue weighted by Gasteiger charge is -2.36. The number of anilines is 2. The average molecular weight is 435 g/mol. The summed E-state index contributed by atoms with van der Waals surface area (Å²) in [7, 11) is 2.17. The Labute approximate surface area is 188 Å². The molecule has 0 saturated carbocycles. The van der Waals surface area contributed by atoms with Gasteiger partial charge in [-0.05, 0) is 44.5 Å². The zero-order valence-corrected chi connectivity index (χ0v) is 18.5. The van der Waals surface area contributed by atoms with E-state index in [9.17, 15) is 4.79 Å². The number of furan rings is 1. The Balaban J connectivity index is 1.59. The second-order valence-corrected chi connectivity index (χ2v) is 8.74. The Bertz CT molecular complexity index is 1080. The highest BCUT2D eigenvalue weighted by atomic mass is 16.4. The van der Waals surface area contributed by atoms with Crippen molar-refractivity contribution in [2.45, 2.75) is 19.3 Å². The quantitative estimate of drug-likeness (QED) is 0.641. The van der Waals surface area contributed by atoms with Gasteiger partial charge in [0.15, 0.2) is 5.76 Å². The van der Waals surface area contributed by atoms with Crippen molar-refractivity contribution in [3.63, 3.8) is 0 Å². The summed E-state index contributed by atoms with van der Waals surface area (Å²) in [5.74, 6) is 0.199. The minimum atomic E-state index is -0.567. The molecule has 8 heteroatoms. The zero-order valence-electron chi connectivity index (χ0n) is 18.5. The van der Waals surface area contributed by atoms with Gasteiger partial charge in [-0.25, -0.2) is 0 Å². The Morgan fingerprint density at radius 1 is 1.00 bits per heavy atom. The predicted molar refractivity (Wildman–Crippen MR) is 126 cm³/mol. The van der Waals surface area contributed by atoms with Gasteiger partial charge in [-0.15, -0.1) is 0 Å². The molecule has 0 bridgehead atoms. The van der Waals surface area contributed by atoms with E-state index in [0.29, 0.717) is 5.76 Å². The summed E-state index contributed by atoms with van der Waals surface area (Å²) in [5, 5.41) is 6.79. The number of primary amides is 1. The number of nitrogens with one attached hydrogen (secondary N) is 1. The lowest BCUT2D eigenvalue weighted by molar-refractivity contribution is 0.0975. The van der Waals surface area contributed by atoms with E-state index in [0.717, 1.165) is 61.6 Å². The molecule has 3 N–H and O–H groups in total. The molecule has 0 aliphatic carbocycles. The number of benzene rings is 1. The van der Waals surface area contributed by atoms with Crippen LogP contribution in [0.3, 0.4) is 0 Å². The summed E-state index contributed by atoms with van der Waals surface area (Å²) in [4.78, 5) is 19.5. The maximum Gasteiger partial charge on any atom is 0.285 e. The van der Waals surface area contributed by atoms with Crippen molar-refractivity contribution < 1.29 is 9.21 Å². The number of carbonyl (C=O) groups excluding carboxylic acids is 1. The molecule has 4 heterocycles. The fourth-order valence-electron chi connectivity index (χ4n) is 4.71. The number of hydrogen-bond donors (Lipinski definition) is 2. The van der Waals surface area contributed by atoms with Crippen LogP contribution in [0.1, 0.15) is 29.8 Å². The molecule has 1 amide bonds. The molecule has 168 valence electrons. The van der Waals surface area contributed by atoms with Crippen molar-refractivity contribution >= 4 is 17.3 Å². The smallest absolute Gasteiger partial charge is 0.285 e. The fraction of sp³-hybridized carbons (Fsp3) is 0.417. The normalized spacial score (nSPS) is 17.7. The van der Waals surface area contributed by atoms with Gasteiger partial charge < -0.3 is 24.9 Å². The SMILES string of the molecule is CN1CCN(c2ccc(-c3cc(-c4cn[nH]c4)oc3C(N)=O)c(N3CCCCC3)c2)CC1. The molecule has 5 rings (SSSR count). The van der Waals surface area contributed by atoms with Crippen LogP contribution in [0, 0.1) is 0 Å². The number of rotatable bonds is 5. The van der Waals surface area contributed by atoms with Crippen LogP contribution in [0.2, 0.25) is 0 Å².